The van der Waals surface area contributed by atoms with Gasteiger partial charge < -0.3 is 19.7 Å². The summed E-state index contributed by atoms with van der Waals surface area (Å²) in [6, 6.07) is 22.1. The molecular formula is C26H25ClN2O4. The Labute approximate surface area is 198 Å². The number of nitrogens with one attached hydrogen (secondary N) is 1. The number of para-hydroxylation sites is 2. The Hall–Kier alpha value is -3.51. The van der Waals surface area contributed by atoms with Crippen LogP contribution in [0.25, 0.3) is 0 Å². The van der Waals surface area contributed by atoms with E-state index in [9.17, 15) is 9.59 Å². The van der Waals surface area contributed by atoms with Crippen LogP contribution in [0.5, 0.6) is 11.5 Å². The molecule has 1 N–H and O–H groups in total. The summed E-state index contributed by atoms with van der Waals surface area (Å²) in [5.41, 5.74) is 2.36. The van der Waals surface area contributed by atoms with Crippen LogP contribution in [0.15, 0.2) is 72.8 Å². The van der Waals surface area contributed by atoms with E-state index in [-0.39, 0.29) is 18.2 Å². The van der Waals surface area contributed by atoms with Gasteiger partial charge in [0.15, 0.2) is 0 Å². The Morgan fingerprint density at radius 1 is 1.03 bits per heavy atom. The lowest BCUT2D eigenvalue weighted by Gasteiger charge is -2.18. The molecule has 0 aliphatic carbocycles. The quantitative estimate of drug-likeness (QED) is 0.490. The number of amides is 2. The van der Waals surface area contributed by atoms with Crippen molar-refractivity contribution < 1.29 is 19.1 Å². The first-order valence-electron chi connectivity index (χ1n) is 10.8. The third-order valence-electron chi connectivity index (χ3n) is 5.41. The molecule has 1 unspecified atom stereocenters. The van der Waals surface area contributed by atoms with Crippen molar-refractivity contribution in [2.75, 3.05) is 23.4 Å². The number of carbonyl (C=O) groups is 2. The van der Waals surface area contributed by atoms with Gasteiger partial charge in [0.1, 0.15) is 18.1 Å². The largest absolute Gasteiger partial charge is 0.492 e. The van der Waals surface area contributed by atoms with Crippen LogP contribution in [0.2, 0.25) is 5.02 Å². The molecule has 1 aliphatic heterocycles. The maximum Gasteiger partial charge on any atom is 0.229 e. The molecule has 1 atom stereocenters. The number of hydrogen-bond acceptors (Lipinski definition) is 4. The van der Waals surface area contributed by atoms with Crippen molar-refractivity contribution in [3.05, 3.63) is 83.4 Å². The van der Waals surface area contributed by atoms with Crippen molar-refractivity contribution in [1.82, 2.24) is 0 Å². The maximum absolute atomic E-state index is 12.8. The number of benzene rings is 3. The number of hydrogen-bond donors (Lipinski definition) is 1. The number of ether oxygens (including phenoxy) is 2. The van der Waals surface area contributed by atoms with Gasteiger partial charge in [0.05, 0.1) is 18.2 Å². The van der Waals surface area contributed by atoms with E-state index < -0.39 is 5.92 Å². The fourth-order valence-corrected chi connectivity index (χ4v) is 3.81. The van der Waals surface area contributed by atoms with Gasteiger partial charge >= 0.3 is 0 Å². The molecule has 33 heavy (non-hydrogen) atoms. The smallest absolute Gasteiger partial charge is 0.229 e. The van der Waals surface area contributed by atoms with E-state index in [2.05, 4.69) is 5.32 Å². The monoisotopic (exact) mass is 464 g/mol. The minimum atomic E-state index is -0.437. The summed E-state index contributed by atoms with van der Waals surface area (Å²) < 4.78 is 11.4. The zero-order chi connectivity index (χ0) is 23.2. The predicted molar refractivity (Wildman–Crippen MR) is 129 cm³/mol. The zero-order valence-electron chi connectivity index (χ0n) is 18.3. The maximum atomic E-state index is 12.8. The summed E-state index contributed by atoms with van der Waals surface area (Å²) >= 11 is 5.91. The number of nitrogens with zero attached hydrogens (tertiary/aromatic N) is 1. The molecule has 170 valence electrons. The number of halogens is 1. The van der Waals surface area contributed by atoms with Crippen molar-refractivity contribution in [3.8, 4) is 11.5 Å². The first-order valence-corrected chi connectivity index (χ1v) is 11.2. The second-order valence-corrected chi connectivity index (χ2v) is 8.17. The highest BCUT2D eigenvalue weighted by Crippen LogP contribution is 2.29. The Kier molecular flexibility index (Phi) is 7.15. The minimum absolute atomic E-state index is 0.0805. The summed E-state index contributed by atoms with van der Waals surface area (Å²) in [6.07, 6.45) is 0.164. The van der Waals surface area contributed by atoms with Gasteiger partial charge in [-0.25, -0.2) is 0 Å². The number of carbonyl (C=O) groups excluding carboxylic acids is 2. The van der Waals surface area contributed by atoms with E-state index in [1.807, 2.05) is 73.7 Å². The van der Waals surface area contributed by atoms with Crippen LogP contribution in [-0.2, 0) is 16.2 Å². The van der Waals surface area contributed by atoms with Crippen molar-refractivity contribution in [3.63, 3.8) is 0 Å². The van der Waals surface area contributed by atoms with Crippen LogP contribution in [0.3, 0.4) is 0 Å². The summed E-state index contributed by atoms with van der Waals surface area (Å²) in [5.74, 6) is 0.600. The average Bonchev–Trinajstić information content (AvgIpc) is 3.22. The van der Waals surface area contributed by atoms with Crippen LogP contribution < -0.4 is 19.7 Å². The highest BCUT2D eigenvalue weighted by Gasteiger charge is 2.35. The highest BCUT2D eigenvalue weighted by atomic mass is 35.5. The topological polar surface area (TPSA) is 67.9 Å². The van der Waals surface area contributed by atoms with E-state index >= 15 is 0 Å². The molecule has 6 nitrogen and oxygen atoms in total. The molecule has 0 saturated carbocycles. The van der Waals surface area contributed by atoms with Crippen LogP contribution in [0.4, 0.5) is 11.4 Å². The van der Waals surface area contributed by atoms with E-state index in [1.54, 1.807) is 11.0 Å². The lowest BCUT2D eigenvalue weighted by molar-refractivity contribution is -0.122. The van der Waals surface area contributed by atoms with Crippen LogP contribution in [0.1, 0.15) is 18.9 Å². The molecule has 0 radical (unpaired) electrons. The van der Waals surface area contributed by atoms with Gasteiger partial charge in [0.2, 0.25) is 11.8 Å². The minimum Gasteiger partial charge on any atom is -0.492 e. The lowest BCUT2D eigenvalue weighted by atomic mass is 10.1. The molecule has 1 saturated heterocycles. The van der Waals surface area contributed by atoms with Gasteiger partial charge in [-0.1, -0.05) is 35.9 Å². The molecule has 0 spiro atoms. The van der Waals surface area contributed by atoms with Crippen LogP contribution >= 0.6 is 11.6 Å². The summed E-state index contributed by atoms with van der Waals surface area (Å²) in [6.45, 7) is 3.14. The Bertz CT molecular complexity index is 1120. The Balaban J connectivity index is 1.35. The molecule has 7 heteroatoms. The number of rotatable bonds is 8. The molecule has 1 aliphatic rings. The van der Waals surface area contributed by atoms with E-state index in [4.69, 9.17) is 21.1 Å². The zero-order valence-corrected chi connectivity index (χ0v) is 19.0. The van der Waals surface area contributed by atoms with Crippen molar-refractivity contribution in [2.24, 2.45) is 5.92 Å². The lowest BCUT2D eigenvalue weighted by Crippen LogP contribution is -2.28. The van der Waals surface area contributed by atoms with Crippen molar-refractivity contribution >= 4 is 34.8 Å². The second-order valence-electron chi connectivity index (χ2n) is 7.73. The first kappa shape index (κ1) is 22.7. The summed E-state index contributed by atoms with van der Waals surface area (Å²) in [5, 5.41) is 3.59. The van der Waals surface area contributed by atoms with E-state index in [0.717, 1.165) is 11.3 Å². The third-order valence-corrected chi connectivity index (χ3v) is 5.66. The van der Waals surface area contributed by atoms with Crippen molar-refractivity contribution in [2.45, 2.75) is 20.0 Å². The van der Waals surface area contributed by atoms with E-state index in [1.165, 1.54) is 0 Å². The summed E-state index contributed by atoms with van der Waals surface area (Å²) in [7, 11) is 0. The molecule has 3 aromatic rings. The molecule has 1 fully saturated rings. The normalized spacial score (nSPS) is 15.4. The van der Waals surface area contributed by atoms with Gasteiger partial charge in [0, 0.05) is 23.7 Å². The highest BCUT2D eigenvalue weighted by molar-refractivity contribution is 6.30. The molecule has 4 rings (SSSR count). The van der Waals surface area contributed by atoms with Crippen LogP contribution in [0, 0.1) is 5.92 Å². The van der Waals surface area contributed by atoms with Gasteiger partial charge in [-0.3, -0.25) is 9.59 Å². The van der Waals surface area contributed by atoms with Gasteiger partial charge in [0.25, 0.3) is 0 Å². The average molecular weight is 465 g/mol. The number of anilines is 2. The fourth-order valence-electron chi connectivity index (χ4n) is 3.69. The molecule has 0 aromatic heterocycles. The Morgan fingerprint density at radius 2 is 1.76 bits per heavy atom. The molecule has 2 amide bonds. The van der Waals surface area contributed by atoms with Gasteiger partial charge in [-0.15, -0.1) is 0 Å². The Morgan fingerprint density at radius 3 is 2.48 bits per heavy atom. The molecule has 1 heterocycles. The third kappa shape index (κ3) is 5.65. The SMILES string of the molecule is CCOc1ccccc1NC(=O)C1CC(=O)N(c2ccc(OCc3ccc(Cl)cc3)cc2)C1. The standard InChI is InChI=1S/C26H25ClN2O4/c1-2-32-24-6-4-3-5-23(24)28-26(31)19-15-25(30)29(16-19)21-11-13-22(14-12-21)33-17-18-7-9-20(27)10-8-18/h3-14,19H,2,15-17H2,1H3,(H,28,31). The summed E-state index contributed by atoms with van der Waals surface area (Å²) in [4.78, 5) is 27.1. The predicted octanol–water partition coefficient (Wildman–Crippen LogP) is 5.31. The first-order chi connectivity index (χ1) is 16.0. The van der Waals surface area contributed by atoms with E-state index in [0.29, 0.717) is 42.0 Å². The fraction of sp³-hybridized carbons (Fsp3) is 0.231. The molecular weight excluding hydrogens is 440 g/mol. The van der Waals surface area contributed by atoms with Crippen molar-refractivity contribution in [1.29, 1.82) is 0 Å². The molecule has 3 aromatic carbocycles. The van der Waals surface area contributed by atoms with Crippen LogP contribution in [-0.4, -0.2) is 25.0 Å². The second kappa shape index (κ2) is 10.4. The van der Waals surface area contributed by atoms with Gasteiger partial charge in [-0.2, -0.15) is 0 Å². The molecule has 0 bridgehead atoms. The van der Waals surface area contributed by atoms with Gasteiger partial charge in [-0.05, 0) is 61.0 Å².